The molecule has 40 heavy (non-hydrogen) atoms. The molecule has 1 aromatic rings. The molecule has 2 aliphatic heterocycles. The third-order valence-corrected chi connectivity index (χ3v) is 10.4. The van der Waals surface area contributed by atoms with Gasteiger partial charge in [-0.1, -0.05) is 19.3 Å². The molecule has 4 fully saturated rings. The molecule has 3 heterocycles. The number of nitrogens with one attached hydrogen (secondary N) is 3. The van der Waals surface area contributed by atoms with Crippen molar-refractivity contribution in [2.75, 3.05) is 67.9 Å². The maximum absolute atomic E-state index is 11.3. The molecule has 0 amide bonds. The summed E-state index contributed by atoms with van der Waals surface area (Å²) in [5.41, 5.74) is 6.16. The van der Waals surface area contributed by atoms with Gasteiger partial charge in [-0.15, -0.1) is 0 Å². The topological polar surface area (TPSA) is 152 Å². The van der Waals surface area contributed by atoms with Crippen LogP contribution >= 0.6 is 7.60 Å². The van der Waals surface area contributed by atoms with Crippen LogP contribution in [0.15, 0.2) is 6.07 Å². The Morgan fingerprint density at radius 2 is 1.70 bits per heavy atom. The molecule has 0 radical (unpaired) electrons. The van der Waals surface area contributed by atoms with E-state index in [1.54, 1.807) is 0 Å². The fraction of sp³-hybridized carbons (Fsp3) is 0.857. The minimum Gasteiger partial charge on any atom is -0.383 e. The molecule has 5 rings (SSSR count). The van der Waals surface area contributed by atoms with Gasteiger partial charge in [0.1, 0.15) is 11.6 Å². The van der Waals surface area contributed by atoms with Crippen molar-refractivity contribution in [3.63, 3.8) is 0 Å². The lowest BCUT2D eigenvalue weighted by molar-refractivity contribution is 0.246. The Labute approximate surface area is 239 Å². The summed E-state index contributed by atoms with van der Waals surface area (Å²) < 4.78 is 11.3. The standard InChI is InChI=1S/C28H51N8O3P/c29-26-16-27(36-20-24-15-25(36)19-35(24)13-14-40(37,38)39)34-28(33-26)32-18-22-9-7-21(8-10-22)17-30-11-4-12-31-23-5-2-1-3-6-23/h16,21-25,30-31H,1-15,17-20H2,(H2,37,38,39)(H3,29,32,33,34). The largest absolute Gasteiger partial charge is 0.383 e. The van der Waals surface area contributed by atoms with Gasteiger partial charge in [-0.3, -0.25) is 9.46 Å². The molecule has 2 unspecified atom stereocenters. The van der Waals surface area contributed by atoms with Gasteiger partial charge in [0.2, 0.25) is 5.95 Å². The highest BCUT2D eigenvalue weighted by atomic mass is 31.2. The van der Waals surface area contributed by atoms with Crippen molar-refractivity contribution < 1.29 is 14.4 Å². The summed E-state index contributed by atoms with van der Waals surface area (Å²) >= 11 is 0. The first-order chi connectivity index (χ1) is 19.3. The molecule has 0 spiro atoms. The number of anilines is 3. The molecule has 2 atom stereocenters. The van der Waals surface area contributed by atoms with Gasteiger partial charge in [0, 0.05) is 50.4 Å². The summed E-state index contributed by atoms with van der Waals surface area (Å²) in [7, 11) is -3.97. The van der Waals surface area contributed by atoms with Gasteiger partial charge < -0.3 is 36.4 Å². The van der Waals surface area contributed by atoms with Crippen LogP contribution in [0.2, 0.25) is 0 Å². The Morgan fingerprint density at radius 1 is 0.950 bits per heavy atom. The zero-order valence-corrected chi connectivity index (χ0v) is 24.9. The first kappa shape index (κ1) is 30.0. The van der Waals surface area contributed by atoms with Gasteiger partial charge in [0.05, 0.1) is 6.16 Å². The third kappa shape index (κ3) is 8.76. The van der Waals surface area contributed by atoms with E-state index in [9.17, 15) is 14.4 Å². The Bertz CT molecular complexity index is 982. The monoisotopic (exact) mass is 578 g/mol. The average Bonchev–Trinajstić information content (AvgIpc) is 3.54. The van der Waals surface area contributed by atoms with Gasteiger partial charge in [-0.25, -0.2) is 0 Å². The molecule has 0 aromatic carbocycles. The molecule has 2 bridgehead atoms. The van der Waals surface area contributed by atoms with Gasteiger partial charge in [-0.2, -0.15) is 9.97 Å². The lowest BCUT2D eigenvalue weighted by Crippen LogP contribution is -2.47. The van der Waals surface area contributed by atoms with Crippen LogP contribution in [0.1, 0.15) is 70.6 Å². The Hall–Kier alpha value is -1.49. The minimum atomic E-state index is -3.97. The van der Waals surface area contributed by atoms with Gasteiger partial charge in [0.25, 0.3) is 0 Å². The molecule has 7 N–H and O–H groups in total. The number of rotatable bonds is 14. The molecule has 226 valence electrons. The van der Waals surface area contributed by atoms with E-state index in [0.717, 1.165) is 63.5 Å². The van der Waals surface area contributed by atoms with E-state index in [4.69, 9.17) is 10.7 Å². The molecule has 4 aliphatic rings. The predicted molar refractivity (Wildman–Crippen MR) is 161 cm³/mol. The van der Waals surface area contributed by atoms with E-state index >= 15 is 0 Å². The minimum absolute atomic E-state index is 0.0821. The van der Waals surface area contributed by atoms with Crippen LogP contribution in [0.3, 0.4) is 0 Å². The van der Waals surface area contributed by atoms with Gasteiger partial charge >= 0.3 is 7.60 Å². The number of likely N-dealkylation sites (tertiary alicyclic amines) is 1. The van der Waals surface area contributed by atoms with Crippen molar-refractivity contribution in [1.29, 1.82) is 0 Å². The molecular weight excluding hydrogens is 527 g/mol. The van der Waals surface area contributed by atoms with Crippen molar-refractivity contribution in [1.82, 2.24) is 25.5 Å². The maximum atomic E-state index is 11.3. The van der Waals surface area contributed by atoms with Crippen molar-refractivity contribution in [2.45, 2.75) is 88.8 Å². The Morgan fingerprint density at radius 3 is 2.40 bits per heavy atom. The van der Waals surface area contributed by atoms with E-state index in [-0.39, 0.29) is 6.16 Å². The van der Waals surface area contributed by atoms with Crippen molar-refractivity contribution in [3.05, 3.63) is 6.07 Å². The highest BCUT2D eigenvalue weighted by Gasteiger charge is 2.44. The van der Waals surface area contributed by atoms with E-state index in [1.165, 1.54) is 64.2 Å². The van der Waals surface area contributed by atoms with E-state index in [2.05, 4.69) is 30.7 Å². The summed E-state index contributed by atoms with van der Waals surface area (Å²) in [6, 6.07) is 3.20. The average molecular weight is 579 g/mol. The summed E-state index contributed by atoms with van der Waals surface area (Å²) in [6.07, 6.45) is 14.1. The first-order valence-electron chi connectivity index (χ1n) is 15.7. The number of hydrogen-bond donors (Lipinski definition) is 6. The Kier molecular flexibility index (Phi) is 10.6. The van der Waals surface area contributed by atoms with E-state index < -0.39 is 7.60 Å². The number of aromatic nitrogens is 2. The second-order valence-electron chi connectivity index (χ2n) is 12.7. The SMILES string of the molecule is Nc1cc(N2CC3CC2CN3CCP(=O)(O)O)nc(NCC2CCC(CNCCCNC3CCCCC3)CC2)n1. The number of hydrogen-bond acceptors (Lipinski definition) is 9. The molecule has 2 aliphatic carbocycles. The van der Waals surface area contributed by atoms with E-state index in [1.807, 2.05) is 6.07 Å². The van der Waals surface area contributed by atoms with Crippen LogP contribution in [-0.4, -0.2) is 94.8 Å². The number of nitrogens with two attached hydrogens (primary N) is 1. The Balaban J connectivity index is 0.977. The number of fused-ring (bicyclic) bond motifs is 2. The highest BCUT2D eigenvalue weighted by Crippen LogP contribution is 2.38. The highest BCUT2D eigenvalue weighted by molar-refractivity contribution is 7.51. The third-order valence-electron chi connectivity index (χ3n) is 9.58. The predicted octanol–water partition coefficient (Wildman–Crippen LogP) is 2.62. The van der Waals surface area contributed by atoms with Crippen LogP contribution in [0.5, 0.6) is 0 Å². The fourth-order valence-corrected chi connectivity index (χ4v) is 7.77. The van der Waals surface area contributed by atoms with Crippen LogP contribution in [-0.2, 0) is 4.57 Å². The number of nitrogens with zero attached hydrogens (tertiary/aromatic N) is 4. The fourth-order valence-electron chi connectivity index (χ4n) is 7.25. The molecular formula is C28H51N8O3P. The zero-order valence-electron chi connectivity index (χ0n) is 24.0. The number of nitrogen functional groups attached to an aromatic ring is 1. The van der Waals surface area contributed by atoms with Crippen molar-refractivity contribution in [3.8, 4) is 0 Å². The molecule has 11 nitrogen and oxygen atoms in total. The molecule has 12 heteroatoms. The quantitative estimate of drug-likeness (QED) is 0.143. The summed E-state index contributed by atoms with van der Waals surface area (Å²) in [5.74, 6) is 3.33. The van der Waals surface area contributed by atoms with Crippen LogP contribution in [0, 0.1) is 11.8 Å². The summed E-state index contributed by atoms with van der Waals surface area (Å²) in [5, 5.41) is 10.9. The van der Waals surface area contributed by atoms with Gasteiger partial charge in [0.15, 0.2) is 0 Å². The first-order valence-corrected chi connectivity index (χ1v) is 17.5. The summed E-state index contributed by atoms with van der Waals surface area (Å²) in [6.45, 7) is 6.30. The molecule has 2 saturated heterocycles. The molecule has 1 aromatic heterocycles. The van der Waals surface area contributed by atoms with Crippen LogP contribution in [0.4, 0.5) is 17.6 Å². The normalized spacial score (nSPS) is 27.9. The van der Waals surface area contributed by atoms with Gasteiger partial charge in [-0.05, 0) is 82.8 Å². The van der Waals surface area contributed by atoms with Crippen molar-refractivity contribution >= 4 is 25.2 Å². The summed E-state index contributed by atoms with van der Waals surface area (Å²) in [4.78, 5) is 32.2. The molecule has 2 saturated carbocycles. The lowest BCUT2D eigenvalue weighted by Gasteiger charge is -2.35. The van der Waals surface area contributed by atoms with Crippen LogP contribution < -0.4 is 26.6 Å². The smallest absolute Gasteiger partial charge is 0.326 e. The zero-order chi connectivity index (χ0) is 28.0. The van der Waals surface area contributed by atoms with E-state index in [0.29, 0.717) is 36.3 Å². The van der Waals surface area contributed by atoms with Crippen LogP contribution in [0.25, 0.3) is 0 Å². The lowest BCUT2D eigenvalue weighted by atomic mass is 9.82. The second kappa shape index (κ2) is 14.1. The maximum Gasteiger partial charge on any atom is 0.326 e. The van der Waals surface area contributed by atoms with Crippen molar-refractivity contribution in [2.24, 2.45) is 11.8 Å². The second-order valence-corrected chi connectivity index (χ2v) is 14.4. The number of piperazine rings is 1.